The molecule has 0 saturated carbocycles. The van der Waals surface area contributed by atoms with E-state index in [1.54, 1.807) is 9.80 Å². The fourth-order valence-electron chi connectivity index (χ4n) is 3.23. The Kier molecular flexibility index (Phi) is 4.96. The third-order valence-corrected chi connectivity index (χ3v) is 4.21. The highest BCUT2D eigenvalue weighted by Gasteiger charge is 2.47. The number of carbonyl (C=O) groups excluding carboxylic acids is 1. The van der Waals surface area contributed by atoms with E-state index >= 15 is 0 Å². The van der Waals surface area contributed by atoms with E-state index in [1.165, 1.54) is 0 Å². The molecule has 128 valence electrons. The summed E-state index contributed by atoms with van der Waals surface area (Å²) < 4.78 is 32.4. The Morgan fingerprint density at radius 2 is 1.91 bits per heavy atom. The number of likely N-dealkylation sites (tertiary alicyclic amines) is 2. The molecule has 22 heavy (non-hydrogen) atoms. The van der Waals surface area contributed by atoms with E-state index in [9.17, 15) is 18.7 Å². The standard InChI is InChI=1S/C15H26F2N2O3/c1-14(2,3)22-13(21)18-6-4-11(5-7-18)19-10-15(16,17)8-12(19)9-20/h11-12,20H,4-10H2,1-3H3. The molecule has 1 N–H and O–H groups in total. The minimum atomic E-state index is -2.73. The molecule has 7 heteroatoms. The quantitative estimate of drug-likeness (QED) is 0.846. The number of halogens is 2. The Bertz CT molecular complexity index is 404. The molecule has 0 spiro atoms. The minimum Gasteiger partial charge on any atom is -0.444 e. The van der Waals surface area contributed by atoms with Crippen LogP contribution in [0.5, 0.6) is 0 Å². The van der Waals surface area contributed by atoms with Crippen LogP contribution in [0.2, 0.25) is 0 Å². The van der Waals surface area contributed by atoms with Crippen LogP contribution >= 0.6 is 0 Å². The SMILES string of the molecule is CC(C)(C)OC(=O)N1CCC(N2CC(F)(F)CC2CO)CC1. The van der Waals surface area contributed by atoms with Crippen molar-refractivity contribution in [2.45, 2.75) is 63.6 Å². The van der Waals surface area contributed by atoms with Gasteiger partial charge in [0, 0.05) is 31.6 Å². The lowest BCUT2D eigenvalue weighted by Gasteiger charge is -2.39. The maximum Gasteiger partial charge on any atom is 0.410 e. The fourth-order valence-corrected chi connectivity index (χ4v) is 3.23. The Labute approximate surface area is 130 Å². The molecule has 0 bridgehead atoms. The van der Waals surface area contributed by atoms with Crippen LogP contribution in [-0.2, 0) is 4.74 Å². The molecule has 0 aromatic heterocycles. The first kappa shape index (κ1) is 17.4. The molecule has 2 heterocycles. The molecule has 0 aromatic carbocycles. The molecule has 5 nitrogen and oxygen atoms in total. The zero-order chi connectivity index (χ0) is 16.5. The first-order valence-electron chi connectivity index (χ1n) is 7.84. The summed E-state index contributed by atoms with van der Waals surface area (Å²) in [7, 11) is 0. The van der Waals surface area contributed by atoms with Gasteiger partial charge < -0.3 is 14.7 Å². The van der Waals surface area contributed by atoms with Crippen molar-refractivity contribution in [1.29, 1.82) is 0 Å². The molecule has 0 radical (unpaired) electrons. The van der Waals surface area contributed by atoms with Crippen LogP contribution in [0.1, 0.15) is 40.0 Å². The number of alkyl halides is 2. The summed E-state index contributed by atoms with van der Waals surface area (Å²) in [6.07, 6.45) is 0.629. The molecule has 1 amide bonds. The Hall–Kier alpha value is -0.950. The molecular formula is C15H26F2N2O3. The number of ether oxygens (including phenoxy) is 1. The van der Waals surface area contributed by atoms with E-state index in [1.807, 2.05) is 20.8 Å². The van der Waals surface area contributed by atoms with Gasteiger partial charge in [-0.2, -0.15) is 0 Å². The molecule has 2 aliphatic heterocycles. The first-order chi connectivity index (χ1) is 10.1. The topological polar surface area (TPSA) is 53.0 Å². The Balaban J connectivity index is 1.88. The zero-order valence-corrected chi connectivity index (χ0v) is 13.5. The normalized spacial score (nSPS) is 27.2. The van der Waals surface area contributed by atoms with Crippen LogP contribution in [-0.4, -0.2) is 70.8 Å². The zero-order valence-electron chi connectivity index (χ0n) is 13.5. The van der Waals surface area contributed by atoms with Crippen molar-refractivity contribution in [2.24, 2.45) is 0 Å². The van der Waals surface area contributed by atoms with Gasteiger partial charge in [0.1, 0.15) is 5.60 Å². The first-order valence-corrected chi connectivity index (χ1v) is 7.84. The van der Waals surface area contributed by atoms with E-state index in [2.05, 4.69) is 0 Å². The van der Waals surface area contributed by atoms with E-state index in [-0.39, 0.29) is 31.7 Å². The van der Waals surface area contributed by atoms with Crippen molar-refractivity contribution in [3.05, 3.63) is 0 Å². The lowest BCUT2D eigenvalue weighted by atomic mass is 10.0. The van der Waals surface area contributed by atoms with Gasteiger partial charge in [-0.05, 0) is 33.6 Å². The van der Waals surface area contributed by atoms with Crippen LogP contribution < -0.4 is 0 Å². The van der Waals surface area contributed by atoms with Gasteiger partial charge in [-0.1, -0.05) is 0 Å². The second kappa shape index (κ2) is 6.28. The predicted molar refractivity (Wildman–Crippen MR) is 78.0 cm³/mol. The second-order valence-electron chi connectivity index (χ2n) is 7.27. The van der Waals surface area contributed by atoms with Crippen molar-refractivity contribution in [1.82, 2.24) is 9.80 Å². The second-order valence-corrected chi connectivity index (χ2v) is 7.27. The van der Waals surface area contributed by atoms with E-state index in [4.69, 9.17) is 4.74 Å². The number of amides is 1. The van der Waals surface area contributed by atoms with E-state index < -0.39 is 17.6 Å². The van der Waals surface area contributed by atoms with Crippen molar-refractivity contribution in [2.75, 3.05) is 26.2 Å². The third kappa shape index (κ3) is 4.29. The highest BCUT2D eigenvalue weighted by atomic mass is 19.3. The summed E-state index contributed by atoms with van der Waals surface area (Å²) in [5, 5.41) is 9.31. The van der Waals surface area contributed by atoms with Crippen molar-refractivity contribution in [3.8, 4) is 0 Å². The number of hydrogen-bond donors (Lipinski definition) is 1. The van der Waals surface area contributed by atoms with Crippen LogP contribution in [0.4, 0.5) is 13.6 Å². The number of rotatable bonds is 2. The van der Waals surface area contributed by atoms with Crippen LogP contribution in [0.15, 0.2) is 0 Å². The number of aliphatic hydroxyl groups is 1. The van der Waals surface area contributed by atoms with Crippen LogP contribution in [0, 0.1) is 0 Å². The summed E-state index contributed by atoms with van der Waals surface area (Å²) in [4.78, 5) is 15.3. The number of aliphatic hydroxyl groups excluding tert-OH is 1. The maximum atomic E-state index is 13.5. The molecule has 2 saturated heterocycles. The molecule has 0 aromatic rings. The lowest BCUT2D eigenvalue weighted by molar-refractivity contribution is -0.00367. The van der Waals surface area contributed by atoms with E-state index in [0.717, 1.165) is 0 Å². The molecule has 2 fully saturated rings. The predicted octanol–water partition coefficient (Wildman–Crippen LogP) is 2.09. The monoisotopic (exact) mass is 320 g/mol. The molecule has 0 aliphatic carbocycles. The molecule has 2 rings (SSSR count). The van der Waals surface area contributed by atoms with Crippen molar-refractivity contribution < 1.29 is 23.4 Å². The molecule has 1 atom stereocenters. The number of nitrogens with zero attached hydrogens (tertiary/aromatic N) is 2. The lowest BCUT2D eigenvalue weighted by Crippen LogP contribution is -2.50. The van der Waals surface area contributed by atoms with Crippen LogP contribution in [0.3, 0.4) is 0 Å². The van der Waals surface area contributed by atoms with Gasteiger partial charge in [0.2, 0.25) is 0 Å². The smallest absolute Gasteiger partial charge is 0.410 e. The van der Waals surface area contributed by atoms with Gasteiger partial charge in [-0.15, -0.1) is 0 Å². The summed E-state index contributed by atoms with van der Waals surface area (Å²) in [6, 6.07) is -0.489. The fraction of sp³-hybridized carbons (Fsp3) is 0.933. The van der Waals surface area contributed by atoms with Gasteiger partial charge in [0.15, 0.2) is 0 Å². The molecule has 1 unspecified atom stereocenters. The molecule has 2 aliphatic rings. The van der Waals surface area contributed by atoms with Crippen molar-refractivity contribution >= 4 is 6.09 Å². The third-order valence-electron chi connectivity index (χ3n) is 4.21. The van der Waals surface area contributed by atoms with Gasteiger partial charge in [0.25, 0.3) is 5.92 Å². The Morgan fingerprint density at radius 1 is 1.32 bits per heavy atom. The van der Waals surface area contributed by atoms with Gasteiger partial charge in [-0.25, -0.2) is 13.6 Å². The average Bonchev–Trinajstić information content (AvgIpc) is 2.72. The summed E-state index contributed by atoms with van der Waals surface area (Å²) in [5.41, 5.74) is -0.535. The van der Waals surface area contributed by atoms with E-state index in [0.29, 0.717) is 25.9 Å². The number of hydrogen-bond acceptors (Lipinski definition) is 4. The average molecular weight is 320 g/mol. The van der Waals surface area contributed by atoms with Gasteiger partial charge in [0.05, 0.1) is 13.2 Å². The minimum absolute atomic E-state index is 0.00999. The highest BCUT2D eigenvalue weighted by Crippen LogP contribution is 2.35. The van der Waals surface area contributed by atoms with Crippen molar-refractivity contribution in [3.63, 3.8) is 0 Å². The molecular weight excluding hydrogens is 294 g/mol. The largest absolute Gasteiger partial charge is 0.444 e. The summed E-state index contributed by atoms with van der Waals surface area (Å²) in [6.45, 7) is 5.90. The van der Waals surface area contributed by atoms with Crippen LogP contribution in [0.25, 0.3) is 0 Å². The number of piperidine rings is 1. The number of carbonyl (C=O) groups is 1. The van der Waals surface area contributed by atoms with Gasteiger partial charge >= 0.3 is 6.09 Å². The maximum absolute atomic E-state index is 13.5. The summed E-state index contributed by atoms with van der Waals surface area (Å²) >= 11 is 0. The highest BCUT2D eigenvalue weighted by molar-refractivity contribution is 5.68. The Morgan fingerprint density at radius 3 is 2.41 bits per heavy atom. The summed E-state index contributed by atoms with van der Waals surface area (Å²) in [5.74, 6) is -2.73. The van der Waals surface area contributed by atoms with Gasteiger partial charge in [-0.3, -0.25) is 4.90 Å².